The SMILES string of the molecule is CC1CCN(Cc2ccccc2)CC1.[2H]C(Cl)(Cl)Cl. The fourth-order valence-corrected chi connectivity index (χ4v) is 2.06. The molecular weight excluding hydrogens is 289 g/mol. The number of benzene rings is 1. The van der Waals surface area contributed by atoms with Crippen molar-refractivity contribution in [1.29, 1.82) is 0 Å². The van der Waals surface area contributed by atoms with Gasteiger partial charge in [-0.15, -0.1) is 0 Å². The van der Waals surface area contributed by atoms with Crippen LogP contribution in [0.25, 0.3) is 0 Å². The molecule has 0 bridgehead atoms. The van der Waals surface area contributed by atoms with Gasteiger partial charge in [0.05, 0.1) is 1.37 Å². The summed E-state index contributed by atoms with van der Waals surface area (Å²) in [7, 11) is 0. The van der Waals surface area contributed by atoms with Crippen LogP contribution in [0.2, 0.25) is 0 Å². The van der Waals surface area contributed by atoms with Crippen LogP contribution in [0.3, 0.4) is 0 Å². The van der Waals surface area contributed by atoms with E-state index in [0.717, 1.165) is 12.5 Å². The minimum absolute atomic E-state index is 0.932. The van der Waals surface area contributed by atoms with Crippen molar-refractivity contribution in [3.8, 4) is 0 Å². The molecule has 0 amide bonds. The van der Waals surface area contributed by atoms with Gasteiger partial charge in [0.15, 0.2) is 4.27 Å². The fourth-order valence-electron chi connectivity index (χ4n) is 2.06. The number of halogens is 3. The number of alkyl halides is 3. The Bertz CT molecular complexity index is 339. The summed E-state index contributed by atoms with van der Waals surface area (Å²) in [6, 6.07) is 10.8. The summed E-state index contributed by atoms with van der Waals surface area (Å²) >= 11 is 14.2. The van der Waals surface area contributed by atoms with Crippen molar-refractivity contribution in [2.24, 2.45) is 5.92 Å². The van der Waals surface area contributed by atoms with Gasteiger partial charge in [-0.2, -0.15) is 0 Å². The second-order valence-electron chi connectivity index (χ2n) is 4.66. The van der Waals surface area contributed by atoms with Crippen LogP contribution >= 0.6 is 34.8 Å². The Morgan fingerprint density at radius 1 is 1.22 bits per heavy atom. The Morgan fingerprint density at radius 3 is 2.22 bits per heavy atom. The van der Waals surface area contributed by atoms with E-state index in [1.54, 1.807) is 0 Å². The van der Waals surface area contributed by atoms with Gasteiger partial charge in [-0.1, -0.05) is 72.1 Å². The third-order valence-corrected chi connectivity index (χ3v) is 3.13. The Kier molecular flexibility index (Phi) is 7.26. The Morgan fingerprint density at radius 2 is 1.72 bits per heavy atom. The molecule has 0 radical (unpaired) electrons. The van der Waals surface area contributed by atoms with Gasteiger partial charge in [0.25, 0.3) is 0 Å². The molecule has 0 atom stereocenters. The molecule has 4 heteroatoms. The van der Waals surface area contributed by atoms with Gasteiger partial charge in [0.2, 0.25) is 0 Å². The van der Waals surface area contributed by atoms with E-state index in [1.165, 1.54) is 31.5 Å². The lowest BCUT2D eigenvalue weighted by atomic mass is 9.99. The van der Waals surface area contributed by atoms with Crippen molar-refractivity contribution in [1.82, 2.24) is 4.90 Å². The van der Waals surface area contributed by atoms with E-state index in [0.29, 0.717) is 0 Å². The second-order valence-corrected chi connectivity index (χ2v) is 6.37. The Hall–Kier alpha value is 0.0500. The number of hydrogen-bond donors (Lipinski definition) is 0. The molecule has 18 heavy (non-hydrogen) atoms. The van der Waals surface area contributed by atoms with Crippen molar-refractivity contribution < 1.29 is 1.37 Å². The van der Waals surface area contributed by atoms with Gasteiger partial charge < -0.3 is 0 Å². The van der Waals surface area contributed by atoms with Gasteiger partial charge in [0, 0.05) is 6.54 Å². The number of rotatable bonds is 2. The zero-order valence-electron chi connectivity index (χ0n) is 11.6. The summed E-state index contributed by atoms with van der Waals surface area (Å²) in [6.07, 6.45) is 2.74. The van der Waals surface area contributed by atoms with Crippen molar-refractivity contribution in [2.75, 3.05) is 13.1 Å². The van der Waals surface area contributed by atoms with Gasteiger partial charge in [-0.3, -0.25) is 4.90 Å². The number of nitrogens with zero attached hydrogens (tertiary/aromatic N) is 1. The zero-order chi connectivity index (χ0) is 14.3. The van der Waals surface area contributed by atoms with Crippen molar-refractivity contribution in [2.45, 2.75) is 30.6 Å². The molecule has 0 aromatic heterocycles. The minimum Gasteiger partial charge on any atom is -0.299 e. The molecular formula is C14H20Cl3N. The smallest absolute Gasteiger partial charge is 0.180 e. The third kappa shape index (κ3) is 7.48. The van der Waals surface area contributed by atoms with Gasteiger partial charge >= 0.3 is 0 Å². The molecule has 0 unspecified atom stereocenters. The zero-order valence-corrected chi connectivity index (χ0v) is 12.8. The number of hydrogen-bond acceptors (Lipinski definition) is 1. The number of likely N-dealkylation sites (tertiary alicyclic amines) is 1. The lowest BCUT2D eigenvalue weighted by Crippen LogP contribution is -2.32. The van der Waals surface area contributed by atoms with Crippen LogP contribution in [0.1, 0.15) is 26.7 Å². The number of piperidine rings is 1. The van der Waals surface area contributed by atoms with Crippen LogP contribution in [0.4, 0.5) is 0 Å². The predicted octanol–water partition coefficient (Wildman–Crippen LogP) is 4.90. The van der Waals surface area contributed by atoms with Crippen LogP contribution in [-0.4, -0.2) is 22.3 Å². The highest BCUT2D eigenvalue weighted by molar-refractivity contribution is 6.63. The quantitative estimate of drug-likeness (QED) is 0.702. The maximum Gasteiger partial charge on any atom is 0.180 e. The fraction of sp³-hybridized carbons (Fsp3) is 0.571. The summed E-state index contributed by atoms with van der Waals surface area (Å²) in [5, 5.41) is 0. The average molecular weight is 310 g/mol. The Balaban J connectivity index is 0.000000312. The summed E-state index contributed by atoms with van der Waals surface area (Å²) in [4.78, 5) is 2.56. The molecule has 1 nitrogen and oxygen atoms in total. The summed E-state index contributed by atoms with van der Waals surface area (Å²) < 4.78 is 4.40. The highest BCUT2D eigenvalue weighted by Gasteiger charge is 2.15. The van der Waals surface area contributed by atoms with Crippen molar-refractivity contribution >= 4 is 34.8 Å². The van der Waals surface area contributed by atoms with Crippen LogP contribution in [0, 0.1) is 5.92 Å². The molecule has 2 rings (SSSR count). The lowest BCUT2D eigenvalue weighted by molar-refractivity contribution is 0.185. The summed E-state index contributed by atoms with van der Waals surface area (Å²) in [5.41, 5.74) is 1.45. The molecule has 0 N–H and O–H groups in total. The van der Waals surface area contributed by atoms with Gasteiger partial charge in [-0.05, 0) is 37.4 Å². The molecule has 1 aliphatic heterocycles. The standard InChI is InChI=1S/C13H19N.CHCl3/c1-12-7-9-14(10-8-12)11-13-5-3-2-4-6-13;2-1(3)4/h2-6,12H,7-11H2,1H3;1H/i;1D. The van der Waals surface area contributed by atoms with E-state index in [2.05, 4.69) is 42.2 Å². The molecule has 102 valence electrons. The van der Waals surface area contributed by atoms with E-state index in [4.69, 9.17) is 36.2 Å². The molecule has 1 aromatic carbocycles. The van der Waals surface area contributed by atoms with Gasteiger partial charge in [0.1, 0.15) is 0 Å². The first-order chi connectivity index (χ1) is 8.84. The van der Waals surface area contributed by atoms with Crippen molar-refractivity contribution in [3.63, 3.8) is 0 Å². The Labute approximate surface area is 126 Å². The second kappa shape index (κ2) is 9.03. The highest BCUT2D eigenvalue weighted by atomic mass is 35.6. The van der Waals surface area contributed by atoms with E-state index in [1.807, 2.05) is 0 Å². The highest BCUT2D eigenvalue weighted by Crippen LogP contribution is 2.17. The van der Waals surface area contributed by atoms with E-state index in [-0.39, 0.29) is 0 Å². The molecule has 1 fully saturated rings. The van der Waals surface area contributed by atoms with Crippen LogP contribution in [0.15, 0.2) is 30.3 Å². The van der Waals surface area contributed by atoms with Crippen molar-refractivity contribution in [3.05, 3.63) is 35.9 Å². The first kappa shape index (κ1) is 14.5. The normalized spacial score (nSPS) is 18.8. The summed E-state index contributed by atoms with van der Waals surface area (Å²) in [5.74, 6) is 0.932. The van der Waals surface area contributed by atoms with E-state index < -0.39 is 4.27 Å². The maximum absolute atomic E-state index is 6.23. The molecule has 1 saturated heterocycles. The molecule has 1 heterocycles. The molecule has 0 aliphatic carbocycles. The topological polar surface area (TPSA) is 3.24 Å². The largest absolute Gasteiger partial charge is 0.299 e. The van der Waals surface area contributed by atoms with E-state index in [9.17, 15) is 0 Å². The molecule has 1 aromatic rings. The minimum atomic E-state index is -1.83. The first-order valence-corrected chi connectivity index (χ1v) is 7.31. The third-order valence-electron chi connectivity index (χ3n) is 3.13. The summed E-state index contributed by atoms with van der Waals surface area (Å²) in [6.45, 7) is 6.04. The average Bonchev–Trinajstić information content (AvgIpc) is 2.31. The first-order valence-electron chi connectivity index (χ1n) is 6.67. The van der Waals surface area contributed by atoms with Crippen LogP contribution in [-0.2, 0) is 6.54 Å². The maximum atomic E-state index is 6.23. The lowest BCUT2D eigenvalue weighted by Gasteiger charge is -2.30. The van der Waals surface area contributed by atoms with Crippen LogP contribution < -0.4 is 0 Å². The predicted molar refractivity (Wildman–Crippen MR) is 81.5 cm³/mol. The molecule has 0 saturated carbocycles. The van der Waals surface area contributed by atoms with Crippen LogP contribution in [0.5, 0.6) is 0 Å². The monoisotopic (exact) mass is 308 g/mol. The molecule has 1 aliphatic rings. The van der Waals surface area contributed by atoms with E-state index >= 15 is 0 Å². The van der Waals surface area contributed by atoms with Gasteiger partial charge in [-0.25, -0.2) is 0 Å². The molecule has 0 spiro atoms.